The summed E-state index contributed by atoms with van der Waals surface area (Å²) in [6, 6.07) is 0. The van der Waals surface area contributed by atoms with Crippen LogP contribution in [-0.2, 0) is 14.2 Å². The molecule has 1 heterocycles. The molecule has 2 atom stereocenters. The van der Waals surface area contributed by atoms with Gasteiger partial charge in [-0.05, 0) is 63.8 Å². The van der Waals surface area contributed by atoms with Crippen LogP contribution in [0.15, 0.2) is 0 Å². The predicted octanol–water partition coefficient (Wildman–Crippen LogP) is 2.11. The molecule has 130 valence electrons. The van der Waals surface area contributed by atoms with Gasteiger partial charge in [-0.1, -0.05) is 0 Å². The summed E-state index contributed by atoms with van der Waals surface area (Å²) in [5, 5.41) is 10.1. The standard InChI is InChI=1S/C17H30BNO4/c1-12(20)8-17-7-6-15(18(22)23-17)10-16(21)9-13-2-4-14(11-19)5-3-13/h13-15,17,22H,2-11,19H2,1H3/t13?,14?,15-,17+/m1/s1. The SMILES string of the molecule is CC(=O)C[C@@H]1CC[C@H](CC(=O)CC2CCC(CN)CC2)B(O)O1. The summed E-state index contributed by atoms with van der Waals surface area (Å²) in [5.41, 5.74) is 5.70. The molecule has 0 unspecified atom stereocenters. The maximum absolute atomic E-state index is 12.3. The maximum Gasteiger partial charge on any atom is 0.458 e. The second kappa shape index (κ2) is 8.95. The molecule has 0 bridgehead atoms. The molecule has 0 amide bonds. The third kappa shape index (κ3) is 6.01. The van der Waals surface area contributed by atoms with Gasteiger partial charge in [0.05, 0.1) is 0 Å². The second-order valence-corrected chi connectivity index (χ2v) is 7.46. The highest BCUT2D eigenvalue weighted by Gasteiger charge is 2.36. The Morgan fingerprint density at radius 1 is 1.04 bits per heavy atom. The van der Waals surface area contributed by atoms with Crippen LogP contribution in [0, 0.1) is 11.8 Å². The van der Waals surface area contributed by atoms with E-state index in [-0.39, 0.29) is 23.5 Å². The minimum Gasteiger partial charge on any atom is -0.427 e. The normalized spacial score (nSPS) is 31.9. The Kier molecular flexibility index (Phi) is 7.24. The van der Waals surface area contributed by atoms with Gasteiger partial charge >= 0.3 is 7.12 Å². The summed E-state index contributed by atoms with van der Waals surface area (Å²) < 4.78 is 5.50. The van der Waals surface area contributed by atoms with Crippen molar-refractivity contribution in [2.75, 3.05) is 6.54 Å². The van der Waals surface area contributed by atoms with Crippen molar-refractivity contribution in [1.29, 1.82) is 0 Å². The van der Waals surface area contributed by atoms with E-state index < -0.39 is 7.12 Å². The molecule has 0 aromatic rings. The summed E-state index contributed by atoms with van der Waals surface area (Å²) in [6.07, 6.45) is 7.13. The number of carbonyl (C=O) groups excluding carboxylic acids is 2. The van der Waals surface area contributed by atoms with Crippen LogP contribution in [0.4, 0.5) is 0 Å². The topological polar surface area (TPSA) is 89.6 Å². The van der Waals surface area contributed by atoms with Crippen molar-refractivity contribution in [3.63, 3.8) is 0 Å². The molecule has 0 spiro atoms. The first-order chi connectivity index (χ1) is 11.0. The van der Waals surface area contributed by atoms with Crippen molar-refractivity contribution >= 4 is 18.7 Å². The lowest BCUT2D eigenvalue weighted by atomic mass is 9.64. The second-order valence-electron chi connectivity index (χ2n) is 7.46. The van der Waals surface area contributed by atoms with Gasteiger partial charge < -0.3 is 15.4 Å². The first-order valence-corrected chi connectivity index (χ1v) is 9.02. The Morgan fingerprint density at radius 2 is 1.70 bits per heavy atom. The van der Waals surface area contributed by atoms with Crippen molar-refractivity contribution in [2.24, 2.45) is 17.6 Å². The molecule has 1 aliphatic carbocycles. The van der Waals surface area contributed by atoms with Crippen molar-refractivity contribution in [1.82, 2.24) is 0 Å². The number of carbonyl (C=O) groups is 2. The van der Waals surface area contributed by atoms with E-state index in [9.17, 15) is 14.6 Å². The summed E-state index contributed by atoms with van der Waals surface area (Å²) >= 11 is 0. The molecule has 6 heteroatoms. The average Bonchev–Trinajstić information content (AvgIpc) is 2.50. The molecule has 3 N–H and O–H groups in total. The Morgan fingerprint density at radius 3 is 2.26 bits per heavy atom. The zero-order chi connectivity index (χ0) is 16.8. The first kappa shape index (κ1) is 18.6. The molecule has 1 saturated carbocycles. The number of ketones is 2. The highest BCUT2D eigenvalue weighted by atomic mass is 16.5. The molecule has 2 fully saturated rings. The fraction of sp³-hybridized carbons (Fsp3) is 0.882. The van der Waals surface area contributed by atoms with Crippen LogP contribution >= 0.6 is 0 Å². The minimum absolute atomic E-state index is 0.0739. The molecule has 1 saturated heterocycles. The van der Waals surface area contributed by atoms with E-state index in [1.807, 2.05) is 0 Å². The lowest BCUT2D eigenvalue weighted by Gasteiger charge is -2.31. The summed E-state index contributed by atoms with van der Waals surface area (Å²) in [5.74, 6) is 1.31. The third-order valence-electron chi connectivity index (χ3n) is 5.42. The number of hydrogen-bond donors (Lipinski definition) is 2. The van der Waals surface area contributed by atoms with Gasteiger partial charge in [0.15, 0.2) is 0 Å². The van der Waals surface area contributed by atoms with E-state index in [4.69, 9.17) is 10.4 Å². The zero-order valence-electron chi connectivity index (χ0n) is 14.2. The predicted molar refractivity (Wildman–Crippen MR) is 89.9 cm³/mol. The summed E-state index contributed by atoms with van der Waals surface area (Å²) in [4.78, 5) is 23.4. The Balaban J connectivity index is 1.70. The van der Waals surface area contributed by atoms with Crippen LogP contribution in [0.2, 0.25) is 5.82 Å². The zero-order valence-corrected chi connectivity index (χ0v) is 14.2. The highest BCUT2D eigenvalue weighted by molar-refractivity contribution is 6.45. The molecule has 0 radical (unpaired) electrons. The van der Waals surface area contributed by atoms with E-state index in [0.29, 0.717) is 31.1 Å². The van der Waals surface area contributed by atoms with E-state index in [1.165, 1.54) is 6.92 Å². The van der Waals surface area contributed by atoms with Crippen LogP contribution in [-0.4, -0.2) is 36.4 Å². The number of nitrogens with two attached hydrogens (primary N) is 1. The molecular formula is C17H30BNO4. The highest BCUT2D eigenvalue weighted by Crippen LogP contribution is 2.34. The molecule has 2 rings (SSSR count). The van der Waals surface area contributed by atoms with Gasteiger partial charge in [-0.25, -0.2) is 0 Å². The largest absolute Gasteiger partial charge is 0.458 e. The van der Waals surface area contributed by atoms with Gasteiger partial charge in [-0.15, -0.1) is 0 Å². The lowest BCUT2D eigenvalue weighted by molar-refractivity contribution is -0.121. The van der Waals surface area contributed by atoms with Crippen LogP contribution in [0.25, 0.3) is 0 Å². The van der Waals surface area contributed by atoms with Gasteiger partial charge in [0.2, 0.25) is 0 Å². The van der Waals surface area contributed by atoms with E-state index in [0.717, 1.165) is 45.1 Å². The number of rotatable bonds is 7. The smallest absolute Gasteiger partial charge is 0.427 e. The Bertz CT molecular complexity index is 409. The van der Waals surface area contributed by atoms with Crippen LogP contribution < -0.4 is 5.73 Å². The van der Waals surface area contributed by atoms with Crippen LogP contribution in [0.5, 0.6) is 0 Å². The van der Waals surface area contributed by atoms with Gasteiger partial charge in [-0.3, -0.25) is 9.59 Å². The Labute approximate surface area is 139 Å². The van der Waals surface area contributed by atoms with Gasteiger partial charge in [0, 0.05) is 31.2 Å². The van der Waals surface area contributed by atoms with E-state index in [1.54, 1.807) is 0 Å². The maximum atomic E-state index is 12.3. The monoisotopic (exact) mass is 323 g/mol. The Hall–Kier alpha value is -0.715. The molecule has 0 aromatic heterocycles. The summed E-state index contributed by atoms with van der Waals surface area (Å²) in [6.45, 7) is 2.29. The van der Waals surface area contributed by atoms with Gasteiger partial charge in [0.25, 0.3) is 0 Å². The number of Topliss-reactive ketones (excluding diaryl/α,β-unsaturated/α-hetero) is 2. The van der Waals surface area contributed by atoms with E-state index >= 15 is 0 Å². The molecule has 0 aromatic carbocycles. The van der Waals surface area contributed by atoms with Gasteiger partial charge in [0.1, 0.15) is 11.6 Å². The van der Waals surface area contributed by atoms with Crippen LogP contribution in [0.1, 0.15) is 64.7 Å². The van der Waals surface area contributed by atoms with Crippen molar-refractivity contribution in [3.8, 4) is 0 Å². The quantitative estimate of drug-likeness (QED) is 0.700. The molecule has 2 aliphatic rings. The van der Waals surface area contributed by atoms with Crippen molar-refractivity contribution in [3.05, 3.63) is 0 Å². The fourth-order valence-corrected chi connectivity index (χ4v) is 3.96. The number of hydrogen-bond acceptors (Lipinski definition) is 5. The van der Waals surface area contributed by atoms with Crippen LogP contribution in [0.3, 0.4) is 0 Å². The van der Waals surface area contributed by atoms with E-state index in [2.05, 4.69) is 0 Å². The lowest BCUT2D eigenvalue weighted by Crippen LogP contribution is -2.38. The molecule has 23 heavy (non-hydrogen) atoms. The van der Waals surface area contributed by atoms with Gasteiger partial charge in [-0.2, -0.15) is 0 Å². The fourth-order valence-electron chi connectivity index (χ4n) is 3.96. The third-order valence-corrected chi connectivity index (χ3v) is 5.42. The molecular weight excluding hydrogens is 293 g/mol. The van der Waals surface area contributed by atoms with Crippen molar-refractivity contribution < 1.29 is 19.3 Å². The molecule has 5 nitrogen and oxygen atoms in total. The molecule has 1 aliphatic heterocycles. The summed E-state index contributed by atoms with van der Waals surface area (Å²) in [7, 11) is -0.912. The van der Waals surface area contributed by atoms with Crippen molar-refractivity contribution in [2.45, 2.75) is 76.6 Å². The first-order valence-electron chi connectivity index (χ1n) is 9.02. The average molecular weight is 323 g/mol. The minimum atomic E-state index is -0.912.